The van der Waals surface area contributed by atoms with E-state index in [0.717, 1.165) is 16.8 Å². The quantitative estimate of drug-likeness (QED) is 0.310. The zero-order chi connectivity index (χ0) is 28.2. The Labute approximate surface area is 231 Å². The van der Waals surface area contributed by atoms with Crippen molar-refractivity contribution in [2.75, 3.05) is 31.6 Å². The number of pyridine rings is 2. The van der Waals surface area contributed by atoms with Crippen LogP contribution in [-0.2, 0) is 0 Å². The highest BCUT2D eigenvalue weighted by molar-refractivity contribution is 5.96. The molecule has 1 aromatic carbocycles. The molecular weight excluding hydrogens is 511 g/mol. The van der Waals surface area contributed by atoms with E-state index in [1.54, 1.807) is 30.6 Å². The molecule has 4 heterocycles. The van der Waals surface area contributed by atoms with Gasteiger partial charge in [-0.05, 0) is 49.4 Å². The van der Waals surface area contributed by atoms with Crippen LogP contribution >= 0.6 is 0 Å². The molecule has 1 saturated heterocycles. The minimum absolute atomic E-state index is 0.123. The summed E-state index contributed by atoms with van der Waals surface area (Å²) in [6, 6.07) is 12.9. The fourth-order valence-corrected chi connectivity index (χ4v) is 4.82. The summed E-state index contributed by atoms with van der Waals surface area (Å²) in [6.45, 7) is 6.90. The van der Waals surface area contributed by atoms with Gasteiger partial charge in [-0.3, -0.25) is 9.78 Å². The van der Waals surface area contributed by atoms with Crippen molar-refractivity contribution in [1.29, 1.82) is 5.26 Å². The van der Waals surface area contributed by atoms with Crippen LogP contribution in [0, 0.1) is 11.3 Å². The van der Waals surface area contributed by atoms with Crippen molar-refractivity contribution in [3.63, 3.8) is 0 Å². The van der Waals surface area contributed by atoms with E-state index in [2.05, 4.69) is 33.2 Å². The number of anilines is 1. The van der Waals surface area contributed by atoms with Crippen LogP contribution in [-0.4, -0.2) is 54.8 Å². The predicted octanol–water partition coefficient (Wildman–Crippen LogP) is 4.84. The summed E-state index contributed by atoms with van der Waals surface area (Å²) in [5.41, 5.74) is 4.61. The predicted molar refractivity (Wildman–Crippen MR) is 151 cm³/mol. The molecular formula is C30H29FN6O3. The summed E-state index contributed by atoms with van der Waals surface area (Å²) in [4.78, 5) is 23.5. The van der Waals surface area contributed by atoms with Crippen LogP contribution in [0.3, 0.4) is 0 Å². The lowest BCUT2D eigenvalue weighted by Crippen LogP contribution is -2.38. The summed E-state index contributed by atoms with van der Waals surface area (Å²) in [7, 11) is 1.50. The van der Waals surface area contributed by atoms with Gasteiger partial charge in [-0.15, -0.1) is 0 Å². The molecule has 1 amide bonds. The number of aromatic nitrogens is 2. The number of carbonyl (C=O) groups excluding carboxylic acids is 1. The van der Waals surface area contributed by atoms with Gasteiger partial charge >= 0.3 is 0 Å². The third kappa shape index (κ3) is 5.31. The molecule has 2 atom stereocenters. The van der Waals surface area contributed by atoms with Crippen LogP contribution in [0.5, 0.6) is 5.75 Å². The molecule has 4 aromatic rings. The number of nitrogens with one attached hydrogen (secondary N) is 2. The minimum atomic E-state index is -0.884. The fourth-order valence-electron chi connectivity index (χ4n) is 4.82. The van der Waals surface area contributed by atoms with Crippen molar-refractivity contribution in [3.8, 4) is 34.4 Å². The lowest BCUT2D eigenvalue weighted by Gasteiger charge is -2.19. The zero-order valence-corrected chi connectivity index (χ0v) is 22.3. The number of alkyl halides is 1. The number of fused-ring (bicyclic) bond motifs is 1. The van der Waals surface area contributed by atoms with E-state index in [1.165, 1.54) is 13.3 Å². The summed E-state index contributed by atoms with van der Waals surface area (Å²) < 4.78 is 25.6. The molecule has 9 nitrogen and oxygen atoms in total. The minimum Gasteiger partial charge on any atom is -0.494 e. The van der Waals surface area contributed by atoms with Gasteiger partial charge in [0.25, 0.3) is 5.91 Å². The van der Waals surface area contributed by atoms with Crippen LogP contribution in [0.1, 0.15) is 29.3 Å². The van der Waals surface area contributed by atoms with Crippen molar-refractivity contribution in [3.05, 3.63) is 72.7 Å². The van der Waals surface area contributed by atoms with Crippen molar-refractivity contribution < 1.29 is 18.3 Å². The maximum atomic E-state index is 13.8. The van der Waals surface area contributed by atoms with E-state index in [-0.39, 0.29) is 18.5 Å². The molecule has 0 spiro atoms. The Balaban J connectivity index is 1.46. The number of amides is 1. The normalized spacial score (nSPS) is 15.4. The molecule has 2 N–H and O–H groups in total. The van der Waals surface area contributed by atoms with Gasteiger partial charge in [-0.2, -0.15) is 5.26 Å². The summed E-state index contributed by atoms with van der Waals surface area (Å²) in [5.74, 6) is 0.514. The number of benzene rings is 1. The second-order valence-corrected chi connectivity index (χ2v) is 9.62. The van der Waals surface area contributed by atoms with Crippen LogP contribution < -0.4 is 20.3 Å². The third-order valence-corrected chi connectivity index (χ3v) is 6.83. The monoisotopic (exact) mass is 540 g/mol. The van der Waals surface area contributed by atoms with Crippen LogP contribution in [0.2, 0.25) is 0 Å². The number of hydrogen-bond acceptors (Lipinski definition) is 8. The first-order chi connectivity index (χ1) is 19.4. The highest BCUT2D eigenvalue weighted by Crippen LogP contribution is 2.37. The molecule has 3 aromatic heterocycles. The van der Waals surface area contributed by atoms with E-state index in [9.17, 15) is 14.4 Å². The Kier molecular flexibility index (Phi) is 7.64. The number of ether oxygens (including phenoxy) is 1. The van der Waals surface area contributed by atoms with E-state index in [0.29, 0.717) is 58.9 Å². The van der Waals surface area contributed by atoms with Gasteiger partial charge in [0.05, 0.1) is 23.9 Å². The van der Waals surface area contributed by atoms with Gasteiger partial charge in [-0.1, -0.05) is 12.6 Å². The van der Waals surface area contributed by atoms with Crippen molar-refractivity contribution in [2.45, 2.75) is 25.6 Å². The number of methoxy groups -OCH3 is 1. The number of hydrogen-bond donors (Lipinski definition) is 2. The molecule has 0 saturated carbocycles. The first-order valence-electron chi connectivity index (χ1n) is 12.9. The highest BCUT2D eigenvalue weighted by atomic mass is 19.1. The van der Waals surface area contributed by atoms with Gasteiger partial charge in [0.1, 0.15) is 29.2 Å². The molecule has 5 rings (SSSR count). The molecule has 0 unspecified atom stereocenters. The SMILES string of the molecule is C=CNC[C@H](C)NC(=O)c1cnc(-c2cc3nccc(-c4ccc(N5CC[C@H](F)C5)c(C#N)c4)c3o2)c(OC)c1. The zero-order valence-electron chi connectivity index (χ0n) is 22.3. The summed E-state index contributed by atoms with van der Waals surface area (Å²) in [6.07, 6.45) is 4.29. The lowest BCUT2D eigenvalue weighted by atomic mass is 10.0. The second kappa shape index (κ2) is 11.5. The summed E-state index contributed by atoms with van der Waals surface area (Å²) >= 11 is 0. The van der Waals surface area contributed by atoms with E-state index in [1.807, 2.05) is 30.0 Å². The molecule has 40 heavy (non-hydrogen) atoms. The highest BCUT2D eigenvalue weighted by Gasteiger charge is 2.25. The van der Waals surface area contributed by atoms with Gasteiger partial charge in [0.2, 0.25) is 0 Å². The van der Waals surface area contributed by atoms with Gasteiger partial charge in [0.15, 0.2) is 11.3 Å². The number of rotatable bonds is 9. The first kappa shape index (κ1) is 26.7. The van der Waals surface area contributed by atoms with Gasteiger partial charge < -0.3 is 24.7 Å². The Bertz CT molecular complexity index is 1610. The Morgan fingerprint density at radius 1 is 1.35 bits per heavy atom. The molecule has 1 fully saturated rings. The first-order valence-corrected chi connectivity index (χ1v) is 12.9. The van der Waals surface area contributed by atoms with Crippen molar-refractivity contribution in [1.82, 2.24) is 20.6 Å². The molecule has 10 heteroatoms. The standard InChI is InChI=1S/C30H29FN6O3/c1-4-33-15-18(2)36-30(38)21-12-26(39-3)28(35-16-21)27-13-24-29(40-27)23(7-9-34-24)19-5-6-25(20(11-19)14-32)37-10-8-22(31)17-37/h4-7,9,11-13,16,18,22,33H,1,8,10,15,17H2,2-3H3,(H,36,38)/t18-,22-/m0/s1. The van der Waals surface area contributed by atoms with Crippen molar-refractivity contribution >= 4 is 22.7 Å². The largest absolute Gasteiger partial charge is 0.494 e. The molecule has 1 aliphatic rings. The van der Waals surface area contributed by atoms with Crippen molar-refractivity contribution in [2.24, 2.45) is 0 Å². The van der Waals surface area contributed by atoms with Gasteiger partial charge in [0, 0.05) is 49.7 Å². The maximum absolute atomic E-state index is 13.8. The number of furan rings is 1. The maximum Gasteiger partial charge on any atom is 0.253 e. The smallest absolute Gasteiger partial charge is 0.253 e. The number of halogens is 1. The number of nitriles is 1. The van der Waals surface area contributed by atoms with E-state index >= 15 is 0 Å². The Morgan fingerprint density at radius 3 is 2.92 bits per heavy atom. The third-order valence-electron chi connectivity index (χ3n) is 6.83. The molecule has 1 aliphatic heterocycles. The summed E-state index contributed by atoms with van der Waals surface area (Å²) in [5, 5.41) is 15.7. The fraction of sp³-hybridized carbons (Fsp3) is 0.267. The Morgan fingerprint density at radius 2 is 2.20 bits per heavy atom. The topological polar surface area (TPSA) is 116 Å². The average Bonchev–Trinajstić information content (AvgIpc) is 3.61. The van der Waals surface area contributed by atoms with Crippen LogP contribution in [0.4, 0.5) is 10.1 Å². The average molecular weight is 541 g/mol. The molecule has 0 aliphatic carbocycles. The van der Waals surface area contributed by atoms with Crippen LogP contribution in [0.25, 0.3) is 33.7 Å². The second-order valence-electron chi connectivity index (χ2n) is 9.62. The van der Waals surface area contributed by atoms with E-state index < -0.39 is 6.17 Å². The number of carbonyl (C=O) groups is 1. The Hall–Kier alpha value is -4.91. The van der Waals surface area contributed by atoms with Gasteiger partial charge in [-0.25, -0.2) is 9.37 Å². The molecule has 0 radical (unpaired) electrons. The number of nitrogens with zero attached hydrogens (tertiary/aromatic N) is 4. The molecule has 0 bridgehead atoms. The lowest BCUT2D eigenvalue weighted by molar-refractivity contribution is 0.0939. The van der Waals surface area contributed by atoms with Crippen LogP contribution in [0.15, 0.2) is 66.0 Å². The molecule has 204 valence electrons. The van der Waals surface area contributed by atoms with E-state index in [4.69, 9.17) is 9.15 Å².